The molecule has 3 N–H and O–H groups in total. The number of anilines is 1. The Bertz CT molecular complexity index is 1250. The minimum absolute atomic E-state index is 0.207. The van der Waals surface area contributed by atoms with Gasteiger partial charge in [0, 0.05) is 29.2 Å². The van der Waals surface area contributed by atoms with E-state index in [1.807, 2.05) is 43.5 Å². The molecule has 0 spiro atoms. The van der Waals surface area contributed by atoms with E-state index in [1.165, 1.54) is 6.07 Å². The summed E-state index contributed by atoms with van der Waals surface area (Å²) in [5.41, 5.74) is 3.85. The Morgan fingerprint density at radius 3 is 2.58 bits per heavy atom. The lowest BCUT2D eigenvalue weighted by Crippen LogP contribution is -2.36. The van der Waals surface area contributed by atoms with Gasteiger partial charge in [-0.25, -0.2) is 4.39 Å². The van der Waals surface area contributed by atoms with Crippen LogP contribution in [0.4, 0.5) is 10.1 Å². The lowest BCUT2D eigenvalue weighted by atomic mass is 10.1. The van der Waals surface area contributed by atoms with Crippen molar-refractivity contribution in [3.63, 3.8) is 0 Å². The van der Waals surface area contributed by atoms with Crippen LogP contribution in [0.15, 0.2) is 84.0 Å². The zero-order valence-corrected chi connectivity index (χ0v) is 17.2. The van der Waals surface area contributed by atoms with Crippen LogP contribution >= 0.6 is 0 Å². The molecule has 0 atom stereocenters. The SMILES string of the molecule is Cc1ccccc1C(=O)NC(=NCCc1c[nH]c2ccccc12)Nc1ccccc1F. The molecule has 4 rings (SSSR count). The van der Waals surface area contributed by atoms with Crippen LogP contribution in [0.1, 0.15) is 21.5 Å². The van der Waals surface area contributed by atoms with Crippen molar-refractivity contribution in [1.29, 1.82) is 0 Å². The predicted molar refractivity (Wildman–Crippen MR) is 123 cm³/mol. The molecule has 0 fully saturated rings. The molecule has 5 nitrogen and oxygen atoms in total. The maximum Gasteiger partial charge on any atom is 0.258 e. The minimum Gasteiger partial charge on any atom is -0.361 e. The first kappa shape index (κ1) is 20.3. The van der Waals surface area contributed by atoms with Gasteiger partial charge in [0.1, 0.15) is 5.82 Å². The van der Waals surface area contributed by atoms with E-state index >= 15 is 0 Å². The lowest BCUT2D eigenvalue weighted by Gasteiger charge is -2.13. The molecule has 0 saturated carbocycles. The highest BCUT2D eigenvalue weighted by Crippen LogP contribution is 2.18. The van der Waals surface area contributed by atoms with E-state index in [1.54, 1.807) is 30.3 Å². The molecular formula is C25H23FN4O. The predicted octanol–water partition coefficient (Wildman–Crippen LogP) is 5.06. The Morgan fingerprint density at radius 1 is 1.00 bits per heavy atom. The van der Waals surface area contributed by atoms with Crippen molar-refractivity contribution in [2.24, 2.45) is 4.99 Å². The lowest BCUT2D eigenvalue weighted by molar-refractivity contribution is 0.0976. The van der Waals surface area contributed by atoms with Gasteiger partial charge in [0.2, 0.25) is 5.96 Å². The number of aryl methyl sites for hydroxylation is 1. The standard InChI is InChI=1S/C25H23FN4O/c1-17-8-2-3-9-19(17)24(31)30-25(29-23-13-7-5-11-21(23)26)27-15-14-18-16-28-22-12-6-4-10-20(18)22/h2-13,16,28H,14-15H2,1H3,(H2,27,29,30,31). The number of nitrogens with zero attached hydrogens (tertiary/aromatic N) is 1. The van der Waals surface area contributed by atoms with Gasteiger partial charge in [0.15, 0.2) is 0 Å². The molecule has 0 unspecified atom stereocenters. The first-order valence-electron chi connectivity index (χ1n) is 10.1. The number of aliphatic imine (C=N–C) groups is 1. The molecule has 0 bridgehead atoms. The fourth-order valence-electron chi connectivity index (χ4n) is 3.43. The third-order valence-corrected chi connectivity index (χ3v) is 5.07. The summed E-state index contributed by atoms with van der Waals surface area (Å²) >= 11 is 0. The van der Waals surface area contributed by atoms with Gasteiger partial charge in [-0.3, -0.25) is 15.1 Å². The molecule has 0 saturated heterocycles. The first-order valence-corrected chi connectivity index (χ1v) is 10.1. The van der Waals surface area contributed by atoms with Crippen LogP contribution in [0.2, 0.25) is 0 Å². The molecule has 1 heterocycles. The quantitative estimate of drug-likeness (QED) is 0.316. The molecule has 6 heteroatoms. The van der Waals surface area contributed by atoms with Gasteiger partial charge in [0.25, 0.3) is 5.91 Å². The Hall–Kier alpha value is -3.93. The number of H-pyrrole nitrogens is 1. The topological polar surface area (TPSA) is 69.3 Å². The minimum atomic E-state index is -0.419. The highest BCUT2D eigenvalue weighted by molar-refractivity contribution is 6.10. The molecule has 4 aromatic rings. The number of guanidine groups is 1. The Labute approximate surface area is 180 Å². The third kappa shape index (κ3) is 4.80. The number of aromatic amines is 1. The van der Waals surface area contributed by atoms with Crippen molar-refractivity contribution in [2.45, 2.75) is 13.3 Å². The van der Waals surface area contributed by atoms with E-state index in [2.05, 4.69) is 26.7 Å². The number of benzene rings is 3. The molecule has 0 aliphatic heterocycles. The summed E-state index contributed by atoms with van der Waals surface area (Å²) in [5, 5.41) is 6.86. The van der Waals surface area contributed by atoms with E-state index in [0.717, 1.165) is 22.0 Å². The van der Waals surface area contributed by atoms with E-state index < -0.39 is 5.82 Å². The average molecular weight is 414 g/mol. The molecule has 1 aromatic heterocycles. The highest BCUT2D eigenvalue weighted by atomic mass is 19.1. The van der Waals surface area contributed by atoms with Crippen LogP contribution in [0.5, 0.6) is 0 Å². The number of para-hydroxylation sites is 2. The monoisotopic (exact) mass is 414 g/mol. The van der Waals surface area contributed by atoms with Crippen LogP contribution in [0.25, 0.3) is 10.9 Å². The highest BCUT2D eigenvalue weighted by Gasteiger charge is 2.13. The van der Waals surface area contributed by atoms with Gasteiger partial charge in [-0.1, -0.05) is 48.5 Å². The normalized spacial score (nSPS) is 11.5. The maximum atomic E-state index is 14.2. The number of hydrogen-bond acceptors (Lipinski definition) is 2. The molecule has 0 aliphatic carbocycles. The molecule has 0 radical (unpaired) electrons. The fraction of sp³-hybridized carbons (Fsp3) is 0.120. The first-order chi connectivity index (χ1) is 15.1. The zero-order chi connectivity index (χ0) is 21.6. The molecule has 1 amide bonds. The maximum absolute atomic E-state index is 14.2. The summed E-state index contributed by atoms with van der Waals surface area (Å²) in [6.07, 6.45) is 2.64. The molecule has 0 aliphatic rings. The van der Waals surface area contributed by atoms with Crippen LogP contribution in [-0.4, -0.2) is 23.4 Å². The van der Waals surface area contributed by atoms with Crippen molar-refractivity contribution in [1.82, 2.24) is 10.3 Å². The van der Waals surface area contributed by atoms with Gasteiger partial charge in [-0.05, 0) is 48.7 Å². The van der Waals surface area contributed by atoms with Crippen molar-refractivity contribution in [3.8, 4) is 0 Å². The second-order valence-electron chi connectivity index (χ2n) is 7.21. The van der Waals surface area contributed by atoms with Crippen molar-refractivity contribution < 1.29 is 9.18 Å². The number of amides is 1. The Kier molecular flexibility index (Phi) is 6.08. The summed E-state index contributed by atoms with van der Waals surface area (Å²) in [7, 11) is 0. The number of aromatic nitrogens is 1. The Balaban J connectivity index is 1.54. The zero-order valence-electron chi connectivity index (χ0n) is 17.2. The van der Waals surface area contributed by atoms with Gasteiger partial charge in [0.05, 0.1) is 5.69 Å². The summed E-state index contributed by atoms with van der Waals surface area (Å²) in [6.45, 7) is 2.29. The Morgan fingerprint density at radius 2 is 1.74 bits per heavy atom. The number of nitrogens with one attached hydrogen (secondary N) is 3. The van der Waals surface area contributed by atoms with Crippen LogP contribution in [0.3, 0.4) is 0 Å². The van der Waals surface area contributed by atoms with Crippen molar-refractivity contribution in [3.05, 3.63) is 102 Å². The molecule has 3 aromatic carbocycles. The number of carbonyl (C=O) groups is 1. The van der Waals surface area contributed by atoms with Crippen molar-refractivity contribution in [2.75, 3.05) is 11.9 Å². The molecule has 31 heavy (non-hydrogen) atoms. The number of rotatable bonds is 5. The fourth-order valence-corrected chi connectivity index (χ4v) is 3.43. The van der Waals surface area contributed by atoms with Crippen molar-refractivity contribution >= 4 is 28.5 Å². The van der Waals surface area contributed by atoms with E-state index in [4.69, 9.17) is 0 Å². The smallest absolute Gasteiger partial charge is 0.258 e. The summed E-state index contributed by atoms with van der Waals surface area (Å²) in [5.74, 6) is -0.511. The van der Waals surface area contributed by atoms with Crippen LogP contribution in [0, 0.1) is 12.7 Å². The van der Waals surface area contributed by atoms with E-state index in [-0.39, 0.29) is 17.6 Å². The average Bonchev–Trinajstić information content (AvgIpc) is 3.18. The largest absolute Gasteiger partial charge is 0.361 e. The van der Waals surface area contributed by atoms with Gasteiger partial charge >= 0.3 is 0 Å². The van der Waals surface area contributed by atoms with Crippen LogP contribution in [-0.2, 0) is 6.42 Å². The van der Waals surface area contributed by atoms with Gasteiger partial charge in [-0.2, -0.15) is 0 Å². The van der Waals surface area contributed by atoms with E-state index in [0.29, 0.717) is 18.5 Å². The molecule has 156 valence electrons. The second-order valence-corrected chi connectivity index (χ2v) is 7.21. The van der Waals surface area contributed by atoms with Gasteiger partial charge < -0.3 is 10.3 Å². The summed E-state index contributed by atoms with van der Waals surface area (Å²) in [6, 6.07) is 21.6. The van der Waals surface area contributed by atoms with Crippen LogP contribution < -0.4 is 10.6 Å². The van der Waals surface area contributed by atoms with Gasteiger partial charge in [-0.15, -0.1) is 0 Å². The number of fused-ring (bicyclic) bond motifs is 1. The summed E-state index contributed by atoms with van der Waals surface area (Å²) in [4.78, 5) is 20.6. The third-order valence-electron chi connectivity index (χ3n) is 5.07. The second kappa shape index (κ2) is 9.26. The molecular weight excluding hydrogens is 391 g/mol. The van der Waals surface area contributed by atoms with E-state index in [9.17, 15) is 9.18 Å². The summed E-state index contributed by atoms with van der Waals surface area (Å²) < 4.78 is 14.2. The number of carbonyl (C=O) groups excluding carboxylic acids is 1. The number of hydrogen-bond donors (Lipinski definition) is 3. The number of halogens is 1.